The van der Waals surface area contributed by atoms with Crippen molar-refractivity contribution in [2.24, 2.45) is 0 Å². The first kappa shape index (κ1) is 75.6. The zero-order valence-electron chi connectivity index (χ0n) is 52.5. The smallest absolute Gasteiger partial charge is 0.305 e. The van der Waals surface area contributed by atoms with E-state index < -0.39 is 12.1 Å². The standard InChI is InChI=1S/C71H139NO5/c1-3-5-7-9-11-13-15-17-18-19-20-28-31-34-37-40-43-47-51-55-59-63-69(74)68(67-73)72-70(75)64-60-56-52-48-44-41-38-35-32-29-26-24-22-21-23-25-27-30-33-36-39-42-46-50-54-58-62-66-77-71(76)65-61-57-53-49-45-16-14-12-10-8-6-4-2/h59,63,68-69,73-74H,3-58,60-62,64-67H2,1-2H3,(H,72,75)/b63-59+. The Balaban J connectivity index is 3.37. The first-order valence-corrected chi connectivity index (χ1v) is 35.5. The predicted molar refractivity (Wildman–Crippen MR) is 338 cm³/mol. The zero-order chi connectivity index (χ0) is 55.7. The van der Waals surface area contributed by atoms with Crippen LogP contribution < -0.4 is 5.32 Å². The van der Waals surface area contributed by atoms with Gasteiger partial charge in [-0.3, -0.25) is 9.59 Å². The molecule has 77 heavy (non-hydrogen) atoms. The van der Waals surface area contributed by atoms with Gasteiger partial charge in [0.25, 0.3) is 0 Å². The normalized spacial score (nSPS) is 12.5. The number of hydrogen-bond donors (Lipinski definition) is 3. The van der Waals surface area contributed by atoms with Crippen molar-refractivity contribution in [2.75, 3.05) is 13.2 Å². The van der Waals surface area contributed by atoms with Gasteiger partial charge in [0.05, 0.1) is 25.4 Å². The van der Waals surface area contributed by atoms with Gasteiger partial charge in [-0.15, -0.1) is 0 Å². The van der Waals surface area contributed by atoms with Gasteiger partial charge in [-0.05, 0) is 32.1 Å². The second-order valence-corrected chi connectivity index (χ2v) is 24.6. The average Bonchev–Trinajstić information content (AvgIpc) is 3.43. The third-order valence-electron chi connectivity index (χ3n) is 16.8. The molecule has 0 fully saturated rings. The van der Waals surface area contributed by atoms with Crippen molar-refractivity contribution in [3.05, 3.63) is 12.2 Å². The summed E-state index contributed by atoms with van der Waals surface area (Å²) >= 11 is 0. The molecule has 0 aromatic rings. The molecule has 0 spiro atoms. The molecular weight excluding hydrogens is 947 g/mol. The molecule has 0 aliphatic heterocycles. The van der Waals surface area contributed by atoms with E-state index in [1.165, 1.54) is 340 Å². The number of aliphatic hydroxyl groups excluding tert-OH is 2. The number of hydrogen-bond acceptors (Lipinski definition) is 5. The van der Waals surface area contributed by atoms with Crippen molar-refractivity contribution in [2.45, 2.75) is 418 Å². The molecule has 0 saturated heterocycles. The molecule has 2 unspecified atom stereocenters. The van der Waals surface area contributed by atoms with Gasteiger partial charge in [0.15, 0.2) is 0 Å². The van der Waals surface area contributed by atoms with Crippen molar-refractivity contribution >= 4 is 11.9 Å². The van der Waals surface area contributed by atoms with Gasteiger partial charge in [0.1, 0.15) is 0 Å². The lowest BCUT2D eigenvalue weighted by Gasteiger charge is -2.20. The van der Waals surface area contributed by atoms with Gasteiger partial charge in [0.2, 0.25) is 5.91 Å². The highest BCUT2D eigenvalue weighted by molar-refractivity contribution is 5.76. The van der Waals surface area contributed by atoms with E-state index in [0.717, 1.165) is 38.5 Å². The number of allylic oxidation sites excluding steroid dienone is 1. The van der Waals surface area contributed by atoms with Crippen LogP contribution in [0.15, 0.2) is 12.2 Å². The molecule has 1 amide bonds. The fraction of sp³-hybridized carbons (Fsp3) is 0.944. The maximum absolute atomic E-state index is 12.5. The predicted octanol–water partition coefficient (Wildman–Crippen LogP) is 22.8. The molecule has 0 saturated carbocycles. The molecule has 0 bridgehead atoms. The lowest BCUT2D eigenvalue weighted by atomic mass is 10.0. The van der Waals surface area contributed by atoms with Gasteiger partial charge >= 0.3 is 5.97 Å². The SMILES string of the molecule is CCCCCCCCCCCCCCCCCCCCC/C=C/C(O)C(CO)NC(=O)CCCCCCCCCCCCCCCCCCCCCCCCCCCCCOC(=O)CCCCCCCCCCCCCC. The molecule has 0 aromatic carbocycles. The Bertz CT molecular complexity index is 1160. The van der Waals surface area contributed by atoms with Crippen LogP contribution in [0.1, 0.15) is 406 Å². The summed E-state index contributed by atoms with van der Waals surface area (Å²) < 4.78 is 5.48. The van der Waals surface area contributed by atoms with E-state index in [-0.39, 0.29) is 18.5 Å². The van der Waals surface area contributed by atoms with E-state index >= 15 is 0 Å². The van der Waals surface area contributed by atoms with Gasteiger partial charge < -0.3 is 20.3 Å². The third-order valence-corrected chi connectivity index (χ3v) is 16.8. The van der Waals surface area contributed by atoms with Crippen LogP contribution >= 0.6 is 0 Å². The molecule has 0 heterocycles. The number of nitrogens with one attached hydrogen (secondary N) is 1. The van der Waals surface area contributed by atoms with Crippen molar-refractivity contribution < 1.29 is 24.5 Å². The van der Waals surface area contributed by atoms with Gasteiger partial charge in [0, 0.05) is 12.8 Å². The Morgan fingerprint density at radius 1 is 0.351 bits per heavy atom. The second kappa shape index (κ2) is 67.1. The molecule has 6 nitrogen and oxygen atoms in total. The number of amides is 1. The van der Waals surface area contributed by atoms with Crippen LogP contribution in [0.5, 0.6) is 0 Å². The van der Waals surface area contributed by atoms with Crippen LogP contribution in [0.3, 0.4) is 0 Å². The summed E-state index contributed by atoms with van der Waals surface area (Å²) in [6.45, 7) is 4.95. The molecule has 2 atom stereocenters. The van der Waals surface area contributed by atoms with Crippen molar-refractivity contribution in [1.82, 2.24) is 5.32 Å². The monoisotopic (exact) mass is 1090 g/mol. The third kappa shape index (κ3) is 63.6. The summed E-state index contributed by atoms with van der Waals surface area (Å²) in [5.41, 5.74) is 0. The number of unbranched alkanes of at least 4 members (excludes halogenated alkanes) is 56. The topological polar surface area (TPSA) is 95.9 Å². The molecule has 458 valence electrons. The molecular formula is C71H139NO5. The fourth-order valence-electron chi connectivity index (χ4n) is 11.4. The Hall–Kier alpha value is -1.40. The minimum Gasteiger partial charge on any atom is -0.466 e. The van der Waals surface area contributed by atoms with E-state index in [1.807, 2.05) is 6.08 Å². The van der Waals surface area contributed by atoms with E-state index in [4.69, 9.17) is 4.74 Å². The second-order valence-electron chi connectivity index (χ2n) is 24.6. The quantitative estimate of drug-likeness (QED) is 0.0320. The van der Waals surface area contributed by atoms with E-state index in [0.29, 0.717) is 19.4 Å². The summed E-state index contributed by atoms with van der Waals surface area (Å²) in [6.07, 6.45) is 82.9. The fourth-order valence-corrected chi connectivity index (χ4v) is 11.4. The van der Waals surface area contributed by atoms with Gasteiger partial charge in [-0.25, -0.2) is 0 Å². The van der Waals surface area contributed by atoms with Crippen LogP contribution in [0, 0.1) is 0 Å². The van der Waals surface area contributed by atoms with Gasteiger partial charge in [-0.1, -0.05) is 373 Å². The van der Waals surface area contributed by atoms with Crippen LogP contribution in [0.25, 0.3) is 0 Å². The molecule has 0 aromatic heterocycles. The molecule has 0 aliphatic rings. The number of ether oxygens (including phenoxy) is 1. The number of esters is 1. The lowest BCUT2D eigenvalue weighted by Crippen LogP contribution is -2.45. The number of carbonyl (C=O) groups excluding carboxylic acids is 2. The summed E-state index contributed by atoms with van der Waals surface area (Å²) in [5, 5.41) is 23.3. The summed E-state index contributed by atoms with van der Waals surface area (Å²) in [7, 11) is 0. The molecule has 6 heteroatoms. The van der Waals surface area contributed by atoms with Crippen molar-refractivity contribution in [3.8, 4) is 0 Å². The summed E-state index contributed by atoms with van der Waals surface area (Å²) in [6, 6.07) is -0.626. The van der Waals surface area contributed by atoms with E-state index in [2.05, 4.69) is 19.2 Å². The highest BCUT2D eigenvalue weighted by atomic mass is 16.5. The largest absolute Gasteiger partial charge is 0.466 e. The number of carbonyl (C=O) groups is 2. The van der Waals surface area contributed by atoms with Crippen LogP contribution in [-0.2, 0) is 14.3 Å². The van der Waals surface area contributed by atoms with Crippen LogP contribution in [-0.4, -0.2) is 47.4 Å². The Labute approximate surface area is 482 Å². The average molecular weight is 1090 g/mol. The highest BCUT2D eigenvalue weighted by Crippen LogP contribution is 2.19. The van der Waals surface area contributed by atoms with E-state index in [1.54, 1.807) is 6.08 Å². The molecule has 0 radical (unpaired) electrons. The minimum atomic E-state index is -0.843. The number of aliphatic hydroxyl groups is 2. The van der Waals surface area contributed by atoms with Crippen LogP contribution in [0.2, 0.25) is 0 Å². The molecule has 3 N–H and O–H groups in total. The van der Waals surface area contributed by atoms with Crippen LogP contribution in [0.4, 0.5) is 0 Å². The molecule has 0 rings (SSSR count). The first-order valence-electron chi connectivity index (χ1n) is 35.5. The Kier molecular flexibility index (Phi) is 65.9. The summed E-state index contributed by atoms with van der Waals surface area (Å²) in [4.78, 5) is 24.6. The first-order chi connectivity index (χ1) is 38.0. The maximum Gasteiger partial charge on any atom is 0.305 e. The maximum atomic E-state index is 12.5. The van der Waals surface area contributed by atoms with Gasteiger partial charge in [-0.2, -0.15) is 0 Å². The lowest BCUT2D eigenvalue weighted by molar-refractivity contribution is -0.143. The highest BCUT2D eigenvalue weighted by Gasteiger charge is 2.18. The van der Waals surface area contributed by atoms with Crippen molar-refractivity contribution in [1.29, 1.82) is 0 Å². The summed E-state index contributed by atoms with van der Waals surface area (Å²) in [5.74, 6) is -0.0413. The zero-order valence-corrected chi connectivity index (χ0v) is 52.5. The minimum absolute atomic E-state index is 0.0193. The van der Waals surface area contributed by atoms with Crippen molar-refractivity contribution in [3.63, 3.8) is 0 Å². The molecule has 0 aliphatic carbocycles. The van der Waals surface area contributed by atoms with E-state index in [9.17, 15) is 19.8 Å². The Morgan fingerprint density at radius 2 is 0.597 bits per heavy atom. The Morgan fingerprint density at radius 3 is 0.883 bits per heavy atom. The number of rotatable bonds is 67.